The number of nitrogens with one attached hydrogen (secondary N) is 1. The summed E-state index contributed by atoms with van der Waals surface area (Å²) < 4.78 is 82.4. The number of carbonyl (C=O) groups excluding carboxylic acids is 3. The Morgan fingerprint density at radius 2 is 0.809 bits per heavy atom. The monoisotopic (exact) mass is 1780 g/mol. The molecule has 0 amide bonds. The van der Waals surface area contributed by atoms with Gasteiger partial charge >= 0.3 is 33.5 Å². The smallest absolute Gasteiger partial charge is 0.508 e. The molecule has 0 radical (unpaired) electrons. The van der Waals surface area contributed by atoms with Crippen molar-refractivity contribution in [3.05, 3.63) is 374 Å². The second-order valence-corrected chi connectivity index (χ2v) is 37.2. The van der Waals surface area contributed by atoms with Crippen molar-refractivity contribution < 1.29 is 64.6 Å². The van der Waals surface area contributed by atoms with Gasteiger partial charge in [0.1, 0.15) is 17.2 Å². The highest BCUT2D eigenvalue weighted by atomic mass is 32.2. The Balaban J connectivity index is 0.000000131. The lowest BCUT2D eigenvalue weighted by molar-refractivity contribution is -0.135. The Kier molecular flexibility index (Phi) is 27.7. The van der Waals surface area contributed by atoms with Crippen LogP contribution in [0.15, 0.2) is 279 Å². The minimum absolute atomic E-state index is 0.0368. The molecule has 4 saturated carbocycles. The number of rotatable bonds is 23. The predicted molar refractivity (Wildman–Crippen MR) is 512 cm³/mol. The number of esters is 3. The van der Waals surface area contributed by atoms with Gasteiger partial charge in [0.15, 0.2) is 0 Å². The molecular weight excluding hydrogens is 1670 g/mol. The average molecular weight is 1780 g/mol. The van der Waals surface area contributed by atoms with Crippen LogP contribution in [0.1, 0.15) is 215 Å². The van der Waals surface area contributed by atoms with Crippen molar-refractivity contribution in [3.63, 3.8) is 0 Å². The van der Waals surface area contributed by atoms with E-state index in [1.807, 2.05) is 85.5 Å². The molecule has 4 fully saturated rings. The molecule has 674 valence electrons. The number of anilines is 4. The maximum Gasteiger partial charge on any atom is 0.534 e. The highest BCUT2D eigenvalue weighted by Gasteiger charge is 2.49. The van der Waals surface area contributed by atoms with Gasteiger partial charge in [-0.25, -0.2) is 14.4 Å². The number of ether oxygens (including phenoxy) is 3. The Bertz CT molecular complexity index is 6240. The van der Waals surface area contributed by atoms with Crippen LogP contribution in [0.2, 0.25) is 0 Å². The number of alkyl halides is 3. The maximum absolute atomic E-state index is 12.9. The van der Waals surface area contributed by atoms with Gasteiger partial charge in [0.25, 0.3) is 0 Å². The van der Waals surface area contributed by atoms with Crippen molar-refractivity contribution in [2.45, 2.75) is 176 Å². The van der Waals surface area contributed by atoms with E-state index < -0.39 is 21.6 Å². The molecule has 11 aromatic carbocycles. The van der Waals surface area contributed by atoms with Crippen LogP contribution < -0.4 is 24.2 Å². The molecule has 0 spiro atoms. The molecule has 19 rings (SSSR count). The number of aromatic nitrogens is 2. The van der Waals surface area contributed by atoms with Crippen LogP contribution in [0, 0.1) is 0 Å². The molecule has 131 heavy (non-hydrogen) atoms. The zero-order valence-corrected chi connectivity index (χ0v) is 75.8. The van der Waals surface area contributed by atoms with Gasteiger partial charge in [0, 0.05) is 84.0 Å². The molecule has 0 bridgehead atoms. The molecule has 7 atom stereocenters. The lowest BCUT2D eigenvalue weighted by Crippen LogP contribution is -2.43. The summed E-state index contributed by atoms with van der Waals surface area (Å²) in [5, 5.41) is 27.5. The van der Waals surface area contributed by atoms with Crippen LogP contribution in [0.5, 0.6) is 17.2 Å². The molecule has 4 aliphatic carbocycles. The second-order valence-electron chi connectivity index (χ2n) is 35.6. The molecule has 7 unspecified atom stereocenters. The molecule has 1 aromatic heterocycles. The first-order valence-corrected chi connectivity index (χ1v) is 46.6. The number of aryl methyl sites for hydroxylation is 1. The van der Waals surface area contributed by atoms with Gasteiger partial charge in [0.2, 0.25) is 0 Å². The highest BCUT2D eigenvalue weighted by molar-refractivity contribution is 7.88. The summed E-state index contributed by atoms with van der Waals surface area (Å²) in [6, 6.07) is 85.1. The fraction of sp³-hybridized carbons (Fsp3) is 0.291. The summed E-state index contributed by atoms with van der Waals surface area (Å²) in [6.45, 7) is 8.77. The fourth-order valence-corrected chi connectivity index (χ4v) is 18.9. The van der Waals surface area contributed by atoms with Gasteiger partial charge in [0.05, 0.1) is 45.7 Å². The molecule has 4 heterocycles. The van der Waals surface area contributed by atoms with E-state index in [1.54, 1.807) is 36.4 Å². The normalized spacial score (nSPS) is 18.9. The summed E-state index contributed by atoms with van der Waals surface area (Å²) in [7, 11) is 0.242. The largest absolute Gasteiger partial charge is 0.534 e. The van der Waals surface area contributed by atoms with Gasteiger partial charge in [-0.3, -0.25) is 4.68 Å². The molecule has 7 aliphatic rings. The third-order valence-electron chi connectivity index (χ3n) is 25.7. The van der Waals surface area contributed by atoms with Crippen molar-refractivity contribution in [1.82, 2.24) is 9.78 Å². The molecule has 3 aliphatic heterocycles. The predicted octanol–water partition coefficient (Wildman–Crippen LogP) is 23.5. The van der Waals surface area contributed by atoms with Crippen LogP contribution in [-0.2, 0) is 71.4 Å². The number of phenols is 2. The quantitative estimate of drug-likeness (QED) is 0.0179. The number of aromatic hydroxyl groups is 2. The van der Waals surface area contributed by atoms with Crippen LogP contribution >= 0.6 is 0 Å². The minimum atomic E-state index is -5.78. The Morgan fingerprint density at radius 3 is 1.18 bits per heavy atom. The molecule has 17 nitrogen and oxygen atoms in total. The number of benzene rings is 11. The number of halogens is 3. The summed E-state index contributed by atoms with van der Waals surface area (Å²) in [5.41, 5.74) is 21.0. The number of phenolic OH excluding ortho intramolecular Hbond substituents is 2. The first-order valence-electron chi connectivity index (χ1n) is 45.1. The van der Waals surface area contributed by atoms with Crippen LogP contribution in [0.3, 0.4) is 0 Å². The SMILES string of the molecule is CC(Cc1cccc(O)c1)Nc1ccc(C2CC2)cc1.COC(=O)/C=C/c1ccc(C2c3ccc(-c4cnn(C)c4)cc3CC(C)N2c2ccc(C3CC3)cc2)cc1.COC(=O)/C=C/c1ccc(C2c3ccc(O)cc3CC(C)N2c2ccc(C3CC3)cc2)cc1.COC(=O)/C=C/c1ccc(C2c3ccc(OS(=O)(=O)C(F)(F)F)cc3CC(C)N2c2ccc(C3CC3)cc2)cc1. The number of methoxy groups -OCH3 is 3. The minimum Gasteiger partial charge on any atom is -0.508 e. The Labute approximate surface area is 765 Å². The first kappa shape index (κ1) is 90.9. The van der Waals surface area contributed by atoms with E-state index in [2.05, 4.69) is 223 Å². The van der Waals surface area contributed by atoms with E-state index in [0.29, 0.717) is 41.5 Å². The third-order valence-corrected chi connectivity index (χ3v) is 26.7. The Hall–Kier alpha value is -13.4. The van der Waals surface area contributed by atoms with Crippen molar-refractivity contribution in [3.8, 4) is 28.4 Å². The van der Waals surface area contributed by atoms with E-state index in [4.69, 9.17) is 4.74 Å². The summed E-state index contributed by atoms with van der Waals surface area (Å²) >= 11 is 0. The summed E-state index contributed by atoms with van der Waals surface area (Å²) in [4.78, 5) is 41.8. The molecule has 21 heteroatoms. The molecule has 0 saturated heterocycles. The topological polar surface area (TPSA) is 202 Å². The van der Waals surface area contributed by atoms with E-state index in [-0.39, 0.29) is 47.9 Å². The standard InChI is InChI=1S/C33H33N3O2.C30H28F3NO5S.C29H29NO3.C18H21NO/c1-22-18-28-19-27(29-20-34-35(2)21-29)13-16-31(28)33(26-7-4-23(5-8-26)6-17-32(37)38-3)36(22)30-14-11-25(12-15-30)24-9-10-24;1-19-17-24-18-26(39-40(36,37)30(31,32)33)14-15-27(24)29(23-6-3-20(4-7-23)5-16-28(35)38-2)34(19)25-12-10-22(11-13-25)21-8-9-21;1-19-17-24-18-26(31)14-15-27(24)29(23-6-3-20(4-7-23)5-16-28(32)33-2)30(19)25-12-10-22(11-13-25)21-8-9-21;1-13(11-14-3-2-4-18(20)12-14)19-17-9-7-16(8-10-17)15-5-6-15/h4-8,11-17,19-22,24,33H,9-10,18H2,1-3H3;3-7,10-16,18-19,21,29H,8-9,17H2,1-2H3;3-7,10-16,18-19,21,29,31H,8-9,17H2,1-2H3;2-4,7-10,12-13,15,19-20H,5-6,11H2,1H3/b17-6+;2*16-5+;. The molecule has 3 N–H and O–H groups in total. The van der Waals surface area contributed by atoms with E-state index >= 15 is 0 Å². The van der Waals surface area contributed by atoms with Crippen molar-refractivity contribution in [2.75, 3.05) is 41.3 Å². The van der Waals surface area contributed by atoms with Gasteiger partial charge in [-0.1, -0.05) is 164 Å². The molecular formula is C110H111F3N6O11S. The number of hydrogen-bond donors (Lipinski definition) is 3. The first-order chi connectivity index (χ1) is 63.2. The number of hydrogen-bond acceptors (Lipinski definition) is 16. The number of carbonyl (C=O) groups is 3. The maximum atomic E-state index is 12.9. The van der Waals surface area contributed by atoms with Gasteiger partial charge < -0.3 is 48.6 Å². The summed E-state index contributed by atoms with van der Waals surface area (Å²) in [5.74, 6) is 1.99. The van der Waals surface area contributed by atoms with E-state index in [9.17, 15) is 46.2 Å². The highest BCUT2D eigenvalue weighted by Crippen LogP contribution is 2.50. The lowest BCUT2D eigenvalue weighted by atomic mass is 9.83. The van der Waals surface area contributed by atoms with Crippen LogP contribution in [0.4, 0.5) is 35.9 Å². The van der Waals surface area contributed by atoms with Crippen molar-refractivity contribution in [2.24, 2.45) is 7.05 Å². The number of nitrogens with zero attached hydrogens (tertiary/aromatic N) is 5. The average Bonchev–Trinajstić information content (AvgIpc) is 1.61. The van der Waals surface area contributed by atoms with Crippen LogP contribution in [0.25, 0.3) is 29.4 Å². The van der Waals surface area contributed by atoms with Gasteiger partial charge in [-0.2, -0.15) is 26.7 Å². The second kappa shape index (κ2) is 39.9. The molecule has 12 aromatic rings. The zero-order valence-electron chi connectivity index (χ0n) is 75.0. The summed E-state index contributed by atoms with van der Waals surface area (Å²) in [6.07, 6.45) is 27.0. The lowest BCUT2D eigenvalue weighted by Gasteiger charge is -2.44. The van der Waals surface area contributed by atoms with E-state index in [1.165, 1.54) is 181 Å². The third kappa shape index (κ3) is 22.4. The van der Waals surface area contributed by atoms with Crippen molar-refractivity contribution in [1.29, 1.82) is 0 Å². The zero-order chi connectivity index (χ0) is 91.8. The van der Waals surface area contributed by atoms with Gasteiger partial charge in [-0.15, -0.1) is 0 Å². The Morgan fingerprint density at radius 1 is 0.450 bits per heavy atom. The fourth-order valence-electron chi connectivity index (χ4n) is 18.5. The van der Waals surface area contributed by atoms with Crippen LogP contribution in [-0.4, -0.2) is 97.3 Å². The number of fused-ring (bicyclic) bond motifs is 3. The van der Waals surface area contributed by atoms with Gasteiger partial charge in [-0.05, 0) is 332 Å². The van der Waals surface area contributed by atoms with E-state index in [0.717, 1.165) is 81.6 Å². The van der Waals surface area contributed by atoms with Crippen molar-refractivity contribution >= 4 is 69.0 Å².